The third-order valence-corrected chi connectivity index (χ3v) is 4.02. The molecule has 145 valence electrons. The van der Waals surface area contributed by atoms with E-state index in [2.05, 4.69) is 6.07 Å². The minimum absolute atomic E-state index is 0.135. The number of alkyl halides is 7. The molecule has 0 saturated carbocycles. The highest BCUT2D eigenvalue weighted by atomic mass is 19.4. The van der Waals surface area contributed by atoms with E-state index in [1.54, 1.807) is 12.1 Å². The molecule has 0 aromatic heterocycles. The molecule has 0 amide bonds. The van der Waals surface area contributed by atoms with Crippen molar-refractivity contribution >= 4 is 0 Å². The fraction of sp³-hybridized carbons (Fsp3) is 0.263. The van der Waals surface area contributed by atoms with E-state index in [4.69, 9.17) is 10.5 Å². The van der Waals surface area contributed by atoms with Crippen LogP contribution in [0.1, 0.15) is 27.8 Å². The van der Waals surface area contributed by atoms with Gasteiger partial charge in [-0.15, -0.1) is 0 Å². The summed E-state index contributed by atoms with van der Waals surface area (Å²) in [4.78, 5) is 0. The highest BCUT2D eigenvalue weighted by molar-refractivity contribution is 5.75. The van der Waals surface area contributed by atoms with Crippen LogP contribution in [-0.4, -0.2) is 12.4 Å². The first kappa shape index (κ1) is 21.2. The molecule has 2 aromatic carbocycles. The van der Waals surface area contributed by atoms with Gasteiger partial charge in [-0.1, -0.05) is 6.07 Å². The molecule has 0 aliphatic rings. The minimum atomic E-state index is -6.30. The van der Waals surface area contributed by atoms with Gasteiger partial charge in [0.2, 0.25) is 0 Å². The smallest absolute Gasteiger partial charge is 0.218 e. The first-order valence-electron chi connectivity index (χ1n) is 7.58. The first-order valence-corrected chi connectivity index (χ1v) is 7.58. The van der Waals surface area contributed by atoms with Gasteiger partial charge in [0, 0.05) is 5.56 Å². The molecule has 2 nitrogen and oxygen atoms in total. The number of hydrogen-bond acceptors (Lipinski definition) is 2. The summed E-state index contributed by atoms with van der Waals surface area (Å²) in [7, 11) is 0. The first-order chi connectivity index (χ1) is 12.8. The van der Waals surface area contributed by atoms with Crippen LogP contribution in [0.5, 0.6) is 0 Å². The lowest BCUT2D eigenvalue weighted by molar-refractivity contribution is -0.348. The molecule has 0 aliphatic carbocycles. The standard InChI is InChI=1S/C19H10F7N2/c1-10-3-11(2)16(14-6-12(8-27)5-13(7-14)9-28)15(4-10)17(20,18(21,22)23)19(24,25)26/h4-7H,1-2H3. The van der Waals surface area contributed by atoms with Crippen molar-refractivity contribution in [2.24, 2.45) is 0 Å². The minimum Gasteiger partial charge on any atom is -0.218 e. The Balaban J connectivity index is 3.02. The van der Waals surface area contributed by atoms with Gasteiger partial charge in [0.25, 0.3) is 0 Å². The Hall–Kier alpha value is -3.07. The lowest BCUT2D eigenvalue weighted by Gasteiger charge is -2.32. The van der Waals surface area contributed by atoms with Gasteiger partial charge >= 0.3 is 18.0 Å². The fourth-order valence-electron chi connectivity index (χ4n) is 2.90. The zero-order valence-electron chi connectivity index (χ0n) is 14.3. The number of rotatable bonds is 2. The highest BCUT2D eigenvalue weighted by Gasteiger charge is 2.74. The summed E-state index contributed by atoms with van der Waals surface area (Å²) >= 11 is 0. The Morgan fingerprint density at radius 2 is 1.25 bits per heavy atom. The number of nitriles is 2. The van der Waals surface area contributed by atoms with Gasteiger partial charge in [0.05, 0.1) is 23.3 Å². The molecule has 0 aliphatic heterocycles. The van der Waals surface area contributed by atoms with Crippen LogP contribution in [-0.2, 0) is 5.67 Å². The Bertz CT molecular complexity index is 959. The van der Waals surface area contributed by atoms with Crippen LogP contribution in [0, 0.1) is 42.6 Å². The third kappa shape index (κ3) is 3.40. The third-order valence-electron chi connectivity index (χ3n) is 4.02. The molecular formula is C19H10F7N2. The van der Waals surface area contributed by atoms with Crippen molar-refractivity contribution in [3.8, 4) is 23.3 Å². The maximum Gasteiger partial charge on any atom is 0.435 e. The van der Waals surface area contributed by atoms with E-state index in [0.717, 1.165) is 18.2 Å². The molecule has 2 rings (SSSR count). The molecule has 0 atom stereocenters. The van der Waals surface area contributed by atoms with Crippen molar-refractivity contribution in [3.63, 3.8) is 0 Å². The molecule has 0 N–H and O–H groups in total. The van der Waals surface area contributed by atoms with E-state index in [1.165, 1.54) is 13.8 Å². The fourth-order valence-corrected chi connectivity index (χ4v) is 2.90. The quantitative estimate of drug-likeness (QED) is 0.599. The van der Waals surface area contributed by atoms with Gasteiger partial charge < -0.3 is 0 Å². The Kier molecular flexibility index (Phi) is 5.18. The number of nitrogens with zero attached hydrogens (tertiary/aromatic N) is 2. The van der Waals surface area contributed by atoms with Gasteiger partial charge in [-0.2, -0.15) is 36.9 Å². The van der Waals surface area contributed by atoms with Crippen molar-refractivity contribution < 1.29 is 30.7 Å². The zero-order chi connectivity index (χ0) is 21.5. The molecule has 0 spiro atoms. The summed E-state index contributed by atoms with van der Waals surface area (Å²) < 4.78 is 94.8. The zero-order valence-corrected chi connectivity index (χ0v) is 14.3. The van der Waals surface area contributed by atoms with Gasteiger partial charge in [0.15, 0.2) is 0 Å². The monoisotopic (exact) mass is 399 g/mol. The lowest BCUT2D eigenvalue weighted by atomic mass is 9.83. The van der Waals surface area contributed by atoms with Crippen LogP contribution in [0.3, 0.4) is 0 Å². The van der Waals surface area contributed by atoms with E-state index < -0.39 is 29.1 Å². The largest absolute Gasteiger partial charge is 0.435 e. The van der Waals surface area contributed by atoms with Crippen molar-refractivity contribution in [2.75, 3.05) is 0 Å². The Morgan fingerprint density at radius 1 is 0.786 bits per heavy atom. The van der Waals surface area contributed by atoms with E-state index in [1.807, 2.05) is 0 Å². The number of benzene rings is 2. The van der Waals surface area contributed by atoms with E-state index in [9.17, 15) is 30.7 Å². The molecule has 9 heteroatoms. The highest BCUT2D eigenvalue weighted by Crippen LogP contribution is 2.55. The van der Waals surface area contributed by atoms with Gasteiger partial charge in [0.1, 0.15) is 0 Å². The summed E-state index contributed by atoms with van der Waals surface area (Å²) in [5, 5.41) is 18.1. The topological polar surface area (TPSA) is 47.6 Å². The molecule has 0 bridgehead atoms. The van der Waals surface area contributed by atoms with Crippen LogP contribution in [0.15, 0.2) is 24.3 Å². The summed E-state index contributed by atoms with van der Waals surface area (Å²) in [6.45, 7) is 2.35. The van der Waals surface area contributed by atoms with Gasteiger partial charge in [-0.3, -0.25) is 0 Å². The Labute approximate surface area is 155 Å². The maximum absolute atomic E-state index is 14.8. The molecule has 2 aromatic rings. The summed E-state index contributed by atoms with van der Waals surface area (Å²) in [6.07, 6.45) is -12.6. The summed E-state index contributed by atoms with van der Waals surface area (Å²) in [6, 6.07) is 9.39. The second kappa shape index (κ2) is 6.83. The SMILES string of the molecule is Cc1[c]c(C)c(-c2cc(C#N)cc(C#N)c2)c(C(F)(C(F)(F)F)C(F)(F)F)c1. The predicted molar refractivity (Wildman–Crippen MR) is 84.5 cm³/mol. The molecule has 0 saturated heterocycles. The van der Waals surface area contributed by atoms with Gasteiger partial charge in [-0.25, -0.2) is 4.39 Å². The molecular weight excluding hydrogens is 389 g/mol. The number of aryl methyl sites for hydroxylation is 2. The molecule has 1 radical (unpaired) electrons. The van der Waals surface area contributed by atoms with Crippen molar-refractivity contribution in [1.82, 2.24) is 0 Å². The van der Waals surface area contributed by atoms with Gasteiger partial charge in [-0.05, 0) is 60.4 Å². The average molecular weight is 399 g/mol. The molecule has 0 unspecified atom stereocenters. The Morgan fingerprint density at radius 3 is 1.64 bits per heavy atom. The second-order valence-electron chi connectivity index (χ2n) is 6.04. The molecule has 0 heterocycles. The molecule has 0 fully saturated rings. The predicted octanol–water partition coefficient (Wildman–Crippen LogP) is 5.80. The van der Waals surface area contributed by atoms with Crippen molar-refractivity contribution in [1.29, 1.82) is 10.5 Å². The second-order valence-corrected chi connectivity index (χ2v) is 6.04. The molecule has 28 heavy (non-hydrogen) atoms. The van der Waals surface area contributed by atoms with Crippen LogP contribution in [0.2, 0.25) is 0 Å². The van der Waals surface area contributed by atoms with Crippen molar-refractivity contribution in [3.05, 3.63) is 58.1 Å². The van der Waals surface area contributed by atoms with E-state index in [-0.39, 0.29) is 27.8 Å². The number of hydrogen-bond donors (Lipinski definition) is 0. The van der Waals surface area contributed by atoms with Crippen molar-refractivity contribution in [2.45, 2.75) is 31.9 Å². The average Bonchev–Trinajstić information content (AvgIpc) is 2.57. The summed E-state index contributed by atoms with van der Waals surface area (Å²) in [5.41, 5.74) is -9.05. The lowest BCUT2D eigenvalue weighted by Crippen LogP contribution is -2.50. The van der Waals surface area contributed by atoms with E-state index >= 15 is 0 Å². The van der Waals surface area contributed by atoms with Crippen LogP contribution >= 0.6 is 0 Å². The normalized spacial score (nSPS) is 12.4. The maximum atomic E-state index is 14.8. The van der Waals surface area contributed by atoms with Crippen LogP contribution in [0.4, 0.5) is 30.7 Å². The van der Waals surface area contributed by atoms with Crippen LogP contribution < -0.4 is 0 Å². The number of halogens is 7. The summed E-state index contributed by atoms with van der Waals surface area (Å²) in [5.74, 6) is 0. The van der Waals surface area contributed by atoms with Crippen LogP contribution in [0.25, 0.3) is 11.1 Å². The van der Waals surface area contributed by atoms with E-state index in [0.29, 0.717) is 6.07 Å².